The van der Waals surface area contributed by atoms with E-state index in [1.165, 1.54) is 0 Å². The standard InChI is InChI=1S/C14H15NO3/c1-11(2)14(16)15(9-12-5-3-7-17-12)10-13-6-4-8-18-13/h3-8H,1,9-10H2,2H3. The molecule has 0 N–H and O–H groups in total. The third-order valence-corrected chi connectivity index (χ3v) is 2.51. The summed E-state index contributed by atoms with van der Waals surface area (Å²) in [6, 6.07) is 7.26. The zero-order valence-electron chi connectivity index (χ0n) is 10.3. The zero-order valence-corrected chi connectivity index (χ0v) is 10.3. The molecule has 0 spiro atoms. The summed E-state index contributed by atoms with van der Waals surface area (Å²) in [5.74, 6) is 1.36. The van der Waals surface area contributed by atoms with E-state index in [-0.39, 0.29) is 5.91 Å². The second kappa shape index (κ2) is 5.40. The van der Waals surface area contributed by atoms with Crippen LogP contribution in [0.5, 0.6) is 0 Å². The highest BCUT2D eigenvalue weighted by Crippen LogP contribution is 2.13. The van der Waals surface area contributed by atoms with Gasteiger partial charge in [-0.3, -0.25) is 4.79 Å². The zero-order chi connectivity index (χ0) is 13.0. The first kappa shape index (κ1) is 12.2. The molecule has 0 bridgehead atoms. The average molecular weight is 245 g/mol. The number of furan rings is 2. The third-order valence-electron chi connectivity index (χ3n) is 2.51. The summed E-state index contributed by atoms with van der Waals surface area (Å²) in [6.07, 6.45) is 3.18. The van der Waals surface area contributed by atoms with Crippen molar-refractivity contribution in [2.24, 2.45) is 0 Å². The molecule has 2 aromatic rings. The lowest BCUT2D eigenvalue weighted by Crippen LogP contribution is -2.30. The fraction of sp³-hybridized carbons (Fsp3) is 0.214. The van der Waals surface area contributed by atoms with Gasteiger partial charge in [0.2, 0.25) is 5.91 Å². The molecule has 94 valence electrons. The molecule has 2 rings (SSSR count). The van der Waals surface area contributed by atoms with E-state index in [1.54, 1.807) is 36.5 Å². The minimum absolute atomic E-state index is 0.109. The minimum atomic E-state index is -0.109. The molecule has 4 heteroatoms. The maximum atomic E-state index is 12.0. The van der Waals surface area contributed by atoms with Gasteiger partial charge in [0.1, 0.15) is 11.5 Å². The number of carbonyl (C=O) groups excluding carboxylic acids is 1. The number of nitrogens with zero attached hydrogens (tertiary/aromatic N) is 1. The van der Waals surface area contributed by atoms with Crippen LogP contribution in [0.4, 0.5) is 0 Å². The maximum absolute atomic E-state index is 12.0. The second-order valence-corrected chi connectivity index (χ2v) is 4.10. The SMILES string of the molecule is C=C(C)C(=O)N(Cc1ccco1)Cc1ccco1. The molecule has 1 amide bonds. The molecule has 0 aliphatic rings. The van der Waals surface area contributed by atoms with Gasteiger partial charge in [-0.25, -0.2) is 0 Å². The van der Waals surface area contributed by atoms with Crippen molar-refractivity contribution in [3.8, 4) is 0 Å². The molecule has 0 atom stereocenters. The predicted octanol–water partition coefficient (Wildman–Crippen LogP) is 2.98. The van der Waals surface area contributed by atoms with Gasteiger partial charge in [-0.15, -0.1) is 0 Å². The quantitative estimate of drug-likeness (QED) is 0.761. The number of hydrogen-bond donors (Lipinski definition) is 0. The summed E-state index contributed by atoms with van der Waals surface area (Å²) < 4.78 is 10.5. The summed E-state index contributed by atoms with van der Waals surface area (Å²) in [5, 5.41) is 0. The fourth-order valence-corrected chi connectivity index (χ4v) is 1.65. The molecule has 4 nitrogen and oxygen atoms in total. The second-order valence-electron chi connectivity index (χ2n) is 4.10. The molecule has 2 aromatic heterocycles. The van der Waals surface area contributed by atoms with Gasteiger partial charge in [0.15, 0.2) is 0 Å². The van der Waals surface area contributed by atoms with Crippen molar-refractivity contribution in [3.05, 3.63) is 60.5 Å². The monoisotopic (exact) mass is 245 g/mol. The van der Waals surface area contributed by atoms with Crippen LogP contribution in [0.1, 0.15) is 18.4 Å². The lowest BCUT2D eigenvalue weighted by Gasteiger charge is -2.20. The number of rotatable bonds is 5. The van der Waals surface area contributed by atoms with Gasteiger partial charge in [-0.05, 0) is 31.2 Å². The average Bonchev–Trinajstić information content (AvgIpc) is 2.99. The Hall–Kier alpha value is -2.23. The first-order valence-electron chi connectivity index (χ1n) is 5.66. The van der Waals surface area contributed by atoms with Crippen molar-refractivity contribution in [2.75, 3.05) is 0 Å². The summed E-state index contributed by atoms with van der Waals surface area (Å²) in [6.45, 7) is 6.18. The van der Waals surface area contributed by atoms with Gasteiger partial charge in [0.25, 0.3) is 0 Å². The van der Waals surface area contributed by atoms with Crippen LogP contribution < -0.4 is 0 Å². The third kappa shape index (κ3) is 2.91. The minimum Gasteiger partial charge on any atom is -0.467 e. The smallest absolute Gasteiger partial charge is 0.249 e. The Morgan fingerprint density at radius 1 is 1.17 bits per heavy atom. The summed E-state index contributed by atoms with van der Waals surface area (Å²) in [7, 11) is 0. The molecule has 0 unspecified atom stereocenters. The van der Waals surface area contributed by atoms with Crippen molar-refractivity contribution in [2.45, 2.75) is 20.0 Å². The molecule has 2 heterocycles. The first-order valence-corrected chi connectivity index (χ1v) is 5.66. The van der Waals surface area contributed by atoms with Gasteiger partial charge < -0.3 is 13.7 Å². The van der Waals surface area contributed by atoms with E-state index >= 15 is 0 Å². The van der Waals surface area contributed by atoms with Gasteiger partial charge in [0.05, 0.1) is 25.6 Å². The summed E-state index contributed by atoms with van der Waals surface area (Å²) in [5.41, 5.74) is 0.494. The van der Waals surface area contributed by atoms with Gasteiger partial charge in [0, 0.05) is 5.57 Å². The van der Waals surface area contributed by atoms with Crippen LogP contribution in [0.3, 0.4) is 0 Å². The van der Waals surface area contributed by atoms with Crippen molar-refractivity contribution >= 4 is 5.91 Å². The van der Waals surface area contributed by atoms with E-state index in [9.17, 15) is 4.79 Å². The van der Waals surface area contributed by atoms with E-state index in [4.69, 9.17) is 8.83 Å². The number of carbonyl (C=O) groups is 1. The highest BCUT2D eigenvalue weighted by atomic mass is 16.3. The van der Waals surface area contributed by atoms with E-state index in [0.717, 1.165) is 11.5 Å². The fourth-order valence-electron chi connectivity index (χ4n) is 1.65. The van der Waals surface area contributed by atoms with E-state index in [1.807, 2.05) is 12.1 Å². The Morgan fingerprint density at radius 2 is 1.67 bits per heavy atom. The van der Waals surface area contributed by atoms with Crippen molar-refractivity contribution in [1.82, 2.24) is 4.90 Å². The Kier molecular flexibility index (Phi) is 3.67. The lowest BCUT2D eigenvalue weighted by atomic mass is 10.2. The largest absolute Gasteiger partial charge is 0.467 e. The summed E-state index contributed by atoms with van der Waals surface area (Å²) >= 11 is 0. The molecule has 0 aliphatic heterocycles. The molecule has 0 saturated carbocycles. The number of hydrogen-bond acceptors (Lipinski definition) is 3. The molecular formula is C14H15NO3. The highest BCUT2D eigenvalue weighted by Gasteiger charge is 2.17. The molecular weight excluding hydrogens is 230 g/mol. The molecule has 0 saturated heterocycles. The van der Waals surface area contributed by atoms with Crippen LogP contribution in [0.2, 0.25) is 0 Å². The van der Waals surface area contributed by atoms with Gasteiger partial charge >= 0.3 is 0 Å². The van der Waals surface area contributed by atoms with Gasteiger partial charge in [-0.2, -0.15) is 0 Å². The van der Waals surface area contributed by atoms with Crippen LogP contribution in [0.25, 0.3) is 0 Å². The van der Waals surface area contributed by atoms with Crippen molar-refractivity contribution in [3.63, 3.8) is 0 Å². The molecule has 0 radical (unpaired) electrons. The van der Waals surface area contributed by atoms with E-state index < -0.39 is 0 Å². The van der Waals surface area contributed by atoms with Crippen LogP contribution in [-0.2, 0) is 17.9 Å². The van der Waals surface area contributed by atoms with Crippen LogP contribution >= 0.6 is 0 Å². The Bertz CT molecular complexity index is 475. The molecule has 0 fully saturated rings. The number of amides is 1. The topological polar surface area (TPSA) is 46.6 Å². The highest BCUT2D eigenvalue weighted by molar-refractivity contribution is 5.92. The van der Waals surface area contributed by atoms with Crippen LogP contribution in [-0.4, -0.2) is 10.8 Å². The van der Waals surface area contributed by atoms with Crippen LogP contribution in [0.15, 0.2) is 57.8 Å². The molecule has 18 heavy (non-hydrogen) atoms. The molecule has 0 aromatic carbocycles. The van der Waals surface area contributed by atoms with Crippen molar-refractivity contribution < 1.29 is 13.6 Å². The normalized spacial score (nSPS) is 10.3. The van der Waals surface area contributed by atoms with Crippen LogP contribution in [0, 0.1) is 0 Å². The Balaban J connectivity index is 2.12. The first-order chi connectivity index (χ1) is 8.66. The van der Waals surface area contributed by atoms with E-state index in [0.29, 0.717) is 18.7 Å². The van der Waals surface area contributed by atoms with E-state index in [2.05, 4.69) is 6.58 Å². The molecule has 0 aliphatic carbocycles. The lowest BCUT2D eigenvalue weighted by molar-refractivity contribution is -0.128. The van der Waals surface area contributed by atoms with Crippen molar-refractivity contribution in [1.29, 1.82) is 0 Å². The Labute approximate surface area is 105 Å². The summed E-state index contributed by atoms with van der Waals surface area (Å²) in [4.78, 5) is 13.7. The van der Waals surface area contributed by atoms with Gasteiger partial charge in [-0.1, -0.05) is 6.58 Å². The maximum Gasteiger partial charge on any atom is 0.249 e. The predicted molar refractivity (Wildman–Crippen MR) is 66.5 cm³/mol. The Morgan fingerprint density at radius 3 is 2.00 bits per heavy atom.